The molecule has 1 rings (SSSR count). The standard InChI is InChI=1S/C11H20N4O2S/c1-15(2)11-14-9(12)8(18-11)10(16)13-6-4-5-7-17-3/h4-7,12H2,1-3H3,(H,13,16). The Morgan fingerprint density at radius 1 is 1.50 bits per heavy atom. The molecule has 0 atom stereocenters. The fourth-order valence-electron chi connectivity index (χ4n) is 1.33. The second-order valence-electron chi connectivity index (χ2n) is 4.06. The number of carbonyl (C=O) groups is 1. The van der Waals surface area contributed by atoms with Crippen LogP contribution in [0.2, 0.25) is 0 Å². The number of amides is 1. The molecule has 0 aliphatic rings. The Morgan fingerprint density at radius 2 is 2.22 bits per heavy atom. The Hall–Kier alpha value is -1.34. The van der Waals surface area contributed by atoms with E-state index in [0.29, 0.717) is 18.0 Å². The summed E-state index contributed by atoms with van der Waals surface area (Å²) in [6.45, 7) is 1.33. The van der Waals surface area contributed by atoms with E-state index < -0.39 is 0 Å². The van der Waals surface area contributed by atoms with Crippen molar-refractivity contribution in [3.63, 3.8) is 0 Å². The number of aromatic nitrogens is 1. The van der Waals surface area contributed by atoms with Crippen molar-refractivity contribution in [2.24, 2.45) is 0 Å². The molecule has 0 aromatic carbocycles. The highest BCUT2D eigenvalue weighted by Crippen LogP contribution is 2.26. The van der Waals surface area contributed by atoms with E-state index in [2.05, 4.69) is 10.3 Å². The Bertz CT molecular complexity index is 392. The van der Waals surface area contributed by atoms with Gasteiger partial charge in [-0.25, -0.2) is 4.98 Å². The van der Waals surface area contributed by atoms with Crippen molar-refractivity contribution < 1.29 is 9.53 Å². The molecular formula is C11H20N4O2S. The summed E-state index contributed by atoms with van der Waals surface area (Å²) in [5.74, 6) is 0.133. The smallest absolute Gasteiger partial charge is 0.265 e. The predicted octanol–water partition coefficient (Wildman–Crippen LogP) is 0.948. The number of hydrogen-bond acceptors (Lipinski definition) is 6. The number of nitrogens with zero attached hydrogens (tertiary/aromatic N) is 2. The quantitative estimate of drug-likeness (QED) is 0.722. The van der Waals surface area contributed by atoms with Crippen molar-refractivity contribution in [2.75, 3.05) is 45.0 Å². The summed E-state index contributed by atoms with van der Waals surface area (Å²) in [6, 6.07) is 0. The van der Waals surface area contributed by atoms with E-state index in [0.717, 1.165) is 18.0 Å². The number of rotatable bonds is 7. The van der Waals surface area contributed by atoms with Gasteiger partial charge in [0.2, 0.25) is 0 Å². The summed E-state index contributed by atoms with van der Waals surface area (Å²) < 4.78 is 4.94. The van der Waals surface area contributed by atoms with Gasteiger partial charge in [-0.2, -0.15) is 0 Å². The summed E-state index contributed by atoms with van der Waals surface area (Å²) in [4.78, 5) is 18.3. The molecule has 1 aromatic rings. The second-order valence-corrected chi connectivity index (χ2v) is 5.04. The third-order valence-corrected chi connectivity index (χ3v) is 3.53. The Balaban J connectivity index is 2.46. The topological polar surface area (TPSA) is 80.5 Å². The number of anilines is 2. The van der Waals surface area contributed by atoms with Crippen LogP contribution in [0, 0.1) is 0 Å². The molecule has 0 fully saturated rings. The van der Waals surface area contributed by atoms with Gasteiger partial charge in [-0.1, -0.05) is 11.3 Å². The maximum absolute atomic E-state index is 11.9. The second kappa shape index (κ2) is 7.17. The first-order valence-corrected chi connectivity index (χ1v) is 6.58. The number of carbonyl (C=O) groups excluding carboxylic acids is 1. The number of nitrogen functional groups attached to an aromatic ring is 1. The monoisotopic (exact) mass is 272 g/mol. The molecule has 1 aromatic heterocycles. The zero-order chi connectivity index (χ0) is 13.5. The third-order valence-electron chi connectivity index (χ3n) is 2.29. The number of ether oxygens (including phenoxy) is 1. The van der Waals surface area contributed by atoms with E-state index in [1.165, 1.54) is 11.3 Å². The van der Waals surface area contributed by atoms with Crippen LogP contribution in [0.1, 0.15) is 22.5 Å². The number of nitrogens with one attached hydrogen (secondary N) is 1. The van der Waals surface area contributed by atoms with Crippen molar-refractivity contribution >= 4 is 28.2 Å². The van der Waals surface area contributed by atoms with E-state index in [1.807, 2.05) is 19.0 Å². The number of thiazole rings is 1. The molecule has 102 valence electrons. The molecule has 0 unspecified atom stereocenters. The zero-order valence-electron chi connectivity index (χ0n) is 11.0. The van der Waals surface area contributed by atoms with Crippen LogP contribution in [0.5, 0.6) is 0 Å². The minimum atomic E-state index is -0.157. The van der Waals surface area contributed by atoms with Crippen LogP contribution < -0.4 is 16.0 Å². The van der Waals surface area contributed by atoms with Gasteiger partial charge in [-0.15, -0.1) is 0 Å². The van der Waals surface area contributed by atoms with Gasteiger partial charge >= 0.3 is 0 Å². The van der Waals surface area contributed by atoms with Crippen LogP contribution in [0.4, 0.5) is 10.9 Å². The fraction of sp³-hybridized carbons (Fsp3) is 0.636. The molecule has 7 heteroatoms. The van der Waals surface area contributed by atoms with Crippen molar-refractivity contribution in [2.45, 2.75) is 12.8 Å². The van der Waals surface area contributed by atoms with Gasteiger partial charge in [0.05, 0.1) is 0 Å². The molecule has 0 bridgehead atoms. The first-order valence-electron chi connectivity index (χ1n) is 5.77. The van der Waals surface area contributed by atoms with Crippen molar-refractivity contribution in [3.05, 3.63) is 4.88 Å². The lowest BCUT2D eigenvalue weighted by atomic mass is 10.3. The molecule has 3 N–H and O–H groups in total. The minimum absolute atomic E-state index is 0.157. The molecular weight excluding hydrogens is 252 g/mol. The van der Waals surface area contributed by atoms with Gasteiger partial charge in [0, 0.05) is 34.4 Å². The molecule has 0 aliphatic heterocycles. The molecule has 0 aliphatic carbocycles. The van der Waals surface area contributed by atoms with Crippen LogP contribution >= 0.6 is 11.3 Å². The highest BCUT2D eigenvalue weighted by molar-refractivity contribution is 7.18. The van der Waals surface area contributed by atoms with Crippen molar-refractivity contribution in [3.8, 4) is 0 Å². The normalized spacial score (nSPS) is 10.4. The van der Waals surface area contributed by atoms with E-state index >= 15 is 0 Å². The Kier molecular flexibility index (Phi) is 5.87. The maximum atomic E-state index is 11.9. The van der Waals surface area contributed by atoms with Crippen LogP contribution in [0.15, 0.2) is 0 Å². The Labute approximate surface area is 111 Å². The molecule has 18 heavy (non-hydrogen) atoms. The molecule has 1 amide bonds. The lowest BCUT2D eigenvalue weighted by molar-refractivity contribution is 0.0956. The molecule has 0 saturated carbocycles. The summed E-state index contributed by atoms with van der Waals surface area (Å²) in [5, 5.41) is 3.56. The minimum Gasteiger partial charge on any atom is -0.385 e. The molecule has 1 heterocycles. The summed E-state index contributed by atoms with van der Waals surface area (Å²) in [6.07, 6.45) is 1.82. The van der Waals surface area contributed by atoms with Gasteiger partial charge < -0.3 is 20.7 Å². The molecule has 0 radical (unpaired) electrons. The summed E-state index contributed by atoms with van der Waals surface area (Å²) in [7, 11) is 5.40. The molecule has 0 spiro atoms. The van der Waals surface area contributed by atoms with Gasteiger partial charge in [-0.3, -0.25) is 4.79 Å². The van der Waals surface area contributed by atoms with Gasteiger partial charge in [-0.05, 0) is 12.8 Å². The zero-order valence-corrected chi connectivity index (χ0v) is 11.8. The number of hydrogen-bond donors (Lipinski definition) is 2. The van der Waals surface area contributed by atoms with E-state index in [1.54, 1.807) is 7.11 Å². The highest BCUT2D eigenvalue weighted by atomic mass is 32.1. The lowest BCUT2D eigenvalue weighted by Gasteiger charge is -2.05. The average Bonchev–Trinajstić information content (AvgIpc) is 2.71. The van der Waals surface area contributed by atoms with Crippen LogP contribution in [-0.4, -0.2) is 45.2 Å². The van der Waals surface area contributed by atoms with Crippen LogP contribution in [0.3, 0.4) is 0 Å². The van der Waals surface area contributed by atoms with Gasteiger partial charge in [0.1, 0.15) is 10.7 Å². The largest absolute Gasteiger partial charge is 0.385 e. The number of nitrogens with two attached hydrogens (primary N) is 1. The number of methoxy groups -OCH3 is 1. The summed E-state index contributed by atoms with van der Waals surface area (Å²) in [5.41, 5.74) is 5.72. The van der Waals surface area contributed by atoms with Crippen LogP contribution in [0.25, 0.3) is 0 Å². The van der Waals surface area contributed by atoms with Gasteiger partial charge in [0.25, 0.3) is 5.91 Å². The van der Waals surface area contributed by atoms with Crippen molar-refractivity contribution in [1.29, 1.82) is 0 Å². The predicted molar refractivity (Wildman–Crippen MR) is 74.3 cm³/mol. The maximum Gasteiger partial charge on any atom is 0.265 e. The lowest BCUT2D eigenvalue weighted by Crippen LogP contribution is -2.24. The van der Waals surface area contributed by atoms with E-state index in [4.69, 9.17) is 10.5 Å². The first kappa shape index (κ1) is 14.7. The fourth-order valence-corrected chi connectivity index (χ4v) is 2.15. The average molecular weight is 272 g/mol. The third kappa shape index (κ3) is 4.15. The Morgan fingerprint density at radius 3 is 2.78 bits per heavy atom. The summed E-state index contributed by atoms with van der Waals surface area (Å²) >= 11 is 1.30. The SMILES string of the molecule is COCCCCNC(=O)c1sc(N(C)C)nc1N. The van der Waals surface area contributed by atoms with Crippen LogP contribution in [-0.2, 0) is 4.74 Å². The van der Waals surface area contributed by atoms with E-state index in [9.17, 15) is 4.79 Å². The molecule has 6 nitrogen and oxygen atoms in total. The highest BCUT2D eigenvalue weighted by Gasteiger charge is 2.16. The van der Waals surface area contributed by atoms with Crippen molar-refractivity contribution in [1.82, 2.24) is 10.3 Å². The van der Waals surface area contributed by atoms with Gasteiger partial charge in [0.15, 0.2) is 5.13 Å². The first-order chi connectivity index (χ1) is 8.56. The molecule has 0 saturated heterocycles. The van der Waals surface area contributed by atoms with E-state index in [-0.39, 0.29) is 11.7 Å². The number of unbranched alkanes of at least 4 members (excludes halogenated alkanes) is 1.